The summed E-state index contributed by atoms with van der Waals surface area (Å²) in [5, 5.41) is 12.7. The molecule has 0 unspecified atom stereocenters. The van der Waals surface area contributed by atoms with E-state index in [-0.39, 0.29) is 18.2 Å². The summed E-state index contributed by atoms with van der Waals surface area (Å²) in [7, 11) is 0. The molecule has 1 amide bonds. The van der Waals surface area contributed by atoms with Crippen molar-refractivity contribution in [3.8, 4) is 5.75 Å². The van der Waals surface area contributed by atoms with E-state index in [2.05, 4.69) is 22.4 Å². The van der Waals surface area contributed by atoms with E-state index >= 15 is 0 Å². The number of rotatable bonds is 7. The first kappa shape index (κ1) is 18.3. The van der Waals surface area contributed by atoms with Gasteiger partial charge in [0, 0.05) is 49.7 Å². The van der Waals surface area contributed by atoms with Gasteiger partial charge >= 0.3 is 0 Å². The summed E-state index contributed by atoms with van der Waals surface area (Å²) in [5.41, 5.74) is 0.00217. The number of thiophene rings is 1. The van der Waals surface area contributed by atoms with Gasteiger partial charge in [-0.2, -0.15) is 0 Å². The Balaban J connectivity index is 1.38. The summed E-state index contributed by atoms with van der Waals surface area (Å²) < 4.78 is 5.45. The zero-order chi connectivity index (χ0) is 18.4. The van der Waals surface area contributed by atoms with Gasteiger partial charge in [0.1, 0.15) is 5.75 Å². The highest BCUT2D eigenvalue weighted by atomic mass is 32.1. The quantitative estimate of drug-likeness (QED) is 0.549. The summed E-state index contributed by atoms with van der Waals surface area (Å²) in [4.78, 5) is 28.0. The number of hydrogen-bond acceptors (Lipinski definition) is 6. The van der Waals surface area contributed by atoms with Crippen LogP contribution in [-0.4, -0.2) is 60.0 Å². The summed E-state index contributed by atoms with van der Waals surface area (Å²) in [6.45, 7) is 4.11. The molecule has 1 aromatic carbocycles. The second-order valence-corrected chi connectivity index (χ2v) is 7.12. The zero-order valence-electron chi connectivity index (χ0n) is 14.4. The number of nitro groups is 1. The molecule has 0 saturated carbocycles. The number of amides is 1. The number of piperazine rings is 1. The van der Waals surface area contributed by atoms with Crippen LogP contribution < -0.4 is 4.74 Å². The van der Waals surface area contributed by atoms with Crippen molar-refractivity contribution < 1.29 is 14.5 Å². The molecule has 0 aliphatic carbocycles. The fourth-order valence-electron chi connectivity index (χ4n) is 2.84. The van der Waals surface area contributed by atoms with Gasteiger partial charge in [-0.05, 0) is 30.0 Å². The molecule has 7 nitrogen and oxygen atoms in total. The van der Waals surface area contributed by atoms with E-state index < -0.39 is 4.92 Å². The van der Waals surface area contributed by atoms with Crippen molar-refractivity contribution in [2.24, 2.45) is 0 Å². The van der Waals surface area contributed by atoms with Gasteiger partial charge in [-0.15, -0.1) is 11.3 Å². The van der Waals surface area contributed by atoms with Crippen molar-refractivity contribution in [2.45, 2.75) is 6.42 Å². The molecule has 138 valence electrons. The molecule has 8 heteroatoms. The zero-order valence-corrected chi connectivity index (χ0v) is 15.2. The van der Waals surface area contributed by atoms with Gasteiger partial charge in [0.15, 0.2) is 6.61 Å². The Bertz CT molecular complexity index is 725. The molecule has 1 aliphatic rings. The number of carbonyl (C=O) groups is 1. The Labute approximate surface area is 155 Å². The summed E-state index contributed by atoms with van der Waals surface area (Å²) in [5.74, 6) is 0.403. The standard InChI is InChI=1S/C18H21N3O4S/c22-18(14-25-16-5-3-15(4-6-16)21(23)24)20-11-9-19(10-12-20)8-7-17-2-1-13-26-17/h1-6,13H,7-12,14H2. The Hall–Kier alpha value is -2.45. The molecule has 1 saturated heterocycles. The molecule has 3 rings (SSSR count). The third kappa shape index (κ3) is 5.03. The van der Waals surface area contributed by atoms with Crippen molar-refractivity contribution in [1.29, 1.82) is 0 Å². The summed E-state index contributed by atoms with van der Waals surface area (Å²) >= 11 is 1.78. The molecular formula is C18H21N3O4S. The monoisotopic (exact) mass is 375 g/mol. The molecule has 1 aliphatic heterocycles. The maximum absolute atomic E-state index is 12.3. The normalized spacial score (nSPS) is 15.0. The van der Waals surface area contributed by atoms with Crippen LogP contribution in [0.25, 0.3) is 0 Å². The van der Waals surface area contributed by atoms with Crippen LogP contribution in [0.2, 0.25) is 0 Å². The van der Waals surface area contributed by atoms with Crippen LogP contribution in [0, 0.1) is 10.1 Å². The minimum atomic E-state index is -0.465. The third-order valence-electron chi connectivity index (χ3n) is 4.39. The second-order valence-electron chi connectivity index (χ2n) is 6.09. The molecule has 0 spiro atoms. The molecule has 1 fully saturated rings. The van der Waals surface area contributed by atoms with E-state index in [1.54, 1.807) is 11.3 Å². The van der Waals surface area contributed by atoms with Gasteiger partial charge in [-0.25, -0.2) is 0 Å². The Morgan fingerprint density at radius 3 is 2.50 bits per heavy atom. The maximum atomic E-state index is 12.3. The third-order valence-corrected chi connectivity index (χ3v) is 5.33. The van der Waals surface area contributed by atoms with Crippen molar-refractivity contribution in [3.05, 3.63) is 56.8 Å². The Morgan fingerprint density at radius 2 is 1.88 bits per heavy atom. The van der Waals surface area contributed by atoms with Gasteiger partial charge in [0.25, 0.3) is 11.6 Å². The fourth-order valence-corrected chi connectivity index (χ4v) is 3.54. The molecular weight excluding hydrogens is 354 g/mol. The molecule has 0 N–H and O–H groups in total. The van der Waals surface area contributed by atoms with E-state index in [1.165, 1.54) is 29.1 Å². The Kier molecular flexibility index (Phi) is 6.19. The smallest absolute Gasteiger partial charge is 0.269 e. The van der Waals surface area contributed by atoms with Crippen LogP contribution in [0.5, 0.6) is 5.75 Å². The minimum absolute atomic E-state index is 0.00217. The number of ether oxygens (including phenoxy) is 1. The van der Waals surface area contributed by atoms with E-state index in [0.717, 1.165) is 26.1 Å². The summed E-state index contributed by atoms with van der Waals surface area (Å²) in [6, 6.07) is 9.97. The average molecular weight is 375 g/mol. The number of non-ortho nitro benzene ring substituents is 1. The lowest BCUT2D eigenvalue weighted by atomic mass is 10.2. The van der Waals surface area contributed by atoms with Gasteiger partial charge in [0.2, 0.25) is 0 Å². The van der Waals surface area contributed by atoms with Crippen LogP contribution in [0.3, 0.4) is 0 Å². The first-order valence-electron chi connectivity index (χ1n) is 8.51. The van der Waals surface area contributed by atoms with Crippen LogP contribution in [0.4, 0.5) is 5.69 Å². The van der Waals surface area contributed by atoms with Gasteiger partial charge in [-0.1, -0.05) is 6.07 Å². The molecule has 0 atom stereocenters. The van der Waals surface area contributed by atoms with Crippen LogP contribution in [0.15, 0.2) is 41.8 Å². The lowest BCUT2D eigenvalue weighted by molar-refractivity contribution is -0.384. The highest BCUT2D eigenvalue weighted by Gasteiger charge is 2.21. The maximum Gasteiger partial charge on any atom is 0.269 e. The largest absolute Gasteiger partial charge is 0.484 e. The number of hydrogen-bond donors (Lipinski definition) is 0. The number of nitrogens with zero attached hydrogens (tertiary/aromatic N) is 3. The predicted octanol–water partition coefficient (Wildman–Crippen LogP) is 2.42. The van der Waals surface area contributed by atoms with E-state index in [0.29, 0.717) is 18.8 Å². The summed E-state index contributed by atoms with van der Waals surface area (Å²) in [6.07, 6.45) is 1.05. The minimum Gasteiger partial charge on any atom is -0.484 e. The molecule has 2 heterocycles. The highest BCUT2D eigenvalue weighted by molar-refractivity contribution is 7.09. The van der Waals surface area contributed by atoms with Gasteiger partial charge < -0.3 is 9.64 Å². The van der Waals surface area contributed by atoms with Crippen molar-refractivity contribution in [2.75, 3.05) is 39.3 Å². The lowest BCUT2D eigenvalue weighted by Gasteiger charge is -2.34. The number of nitro benzene ring substituents is 1. The number of carbonyl (C=O) groups excluding carboxylic acids is 1. The topological polar surface area (TPSA) is 75.9 Å². The average Bonchev–Trinajstić information content (AvgIpc) is 3.19. The van der Waals surface area contributed by atoms with Gasteiger partial charge in [0.05, 0.1) is 4.92 Å². The van der Waals surface area contributed by atoms with Crippen LogP contribution >= 0.6 is 11.3 Å². The van der Waals surface area contributed by atoms with E-state index in [9.17, 15) is 14.9 Å². The Morgan fingerprint density at radius 1 is 1.15 bits per heavy atom. The lowest BCUT2D eigenvalue weighted by Crippen LogP contribution is -2.50. The van der Waals surface area contributed by atoms with Crippen LogP contribution in [-0.2, 0) is 11.2 Å². The predicted molar refractivity (Wildman–Crippen MR) is 99.6 cm³/mol. The first-order chi connectivity index (χ1) is 12.6. The molecule has 0 radical (unpaired) electrons. The molecule has 2 aromatic rings. The highest BCUT2D eigenvalue weighted by Crippen LogP contribution is 2.17. The van der Waals surface area contributed by atoms with Crippen LogP contribution in [0.1, 0.15) is 4.88 Å². The van der Waals surface area contributed by atoms with Crippen molar-refractivity contribution >= 4 is 22.9 Å². The van der Waals surface area contributed by atoms with Gasteiger partial charge in [-0.3, -0.25) is 19.8 Å². The molecule has 0 bridgehead atoms. The molecule has 1 aromatic heterocycles. The first-order valence-corrected chi connectivity index (χ1v) is 9.39. The van der Waals surface area contributed by atoms with Crippen molar-refractivity contribution in [3.63, 3.8) is 0 Å². The van der Waals surface area contributed by atoms with E-state index in [1.807, 2.05) is 4.90 Å². The second kappa shape index (κ2) is 8.77. The molecule has 26 heavy (non-hydrogen) atoms. The number of benzene rings is 1. The van der Waals surface area contributed by atoms with E-state index in [4.69, 9.17) is 4.74 Å². The SMILES string of the molecule is O=C(COc1ccc([N+](=O)[O-])cc1)N1CCN(CCc2cccs2)CC1. The van der Waals surface area contributed by atoms with Crippen molar-refractivity contribution in [1.82, 2.24) is 9.80 Å². The fraction of sp³-hybridized carbons (Fsp3) is 0.389.